The summed E-state index contributed by atoms with van der Waals surface area (Å²) in [7, 11) is 0. The van der Waals surface area contributed by atoms with Crippen LogP contribution in [-0.4, -0.2) is 29.2 Å². The molecule has 3 rings (SSSR count). The van der Waals surface area contributed by atoms with Gasteiger partial charge in [0.05, 0.1) is 6.10 Å². The SMILES string of the molecule is FC(F)(F)O[C@H]1C[C@@H](c2noc(C3CCCCO3)n2)C1. The summed E-state index contributed by atoms with van der Waals surface area (Å²) in [5.41, 5.74) is 0. The normalized spacial score (nSPS) is 31.1. The fraction of sp³-hybridized carbons (Fsp3) is 0.833. The maximum Gasteiger partial charge on any atom is 0.522 e. The van der Waals surface area contributed by atoms with Crippen LogP contribution >= 0.6 is 0 Å². The zero-order valence-electron chi connectivity index (χ0n) is 10.7. The van der Waals surface area contributed by atoms with Crippen LogP contribution in [0.2, 0.25) is 0 Å². The van der Waals surface area contributed by atoms with Crippen LogP contribution in [0.15, 0.2) is 4.52 Å². The molecule has 1 saturated carbocycles. The molecular weight excluding hydrogens is 277 g/mol. The minimum Gasteiger partial charge on any atom is -0.368 e. The number of hydrogen-bond acceptors (Lipinski definition) is 5. The molecule has 1 aliphatic heterocycles. The van der Waals surface area contributed by atoms with E-state index in [-0.39, 0.29) is 24.9 Å². The number of nitrogens with zero attached hydrogens (tertiary/aromatic N) is 2. The van der Waals surface area contributed by atoms with Crippen molar-refractivity contribution in [2.45, 2.75) is 56.6 Å². The molecule has 2 aliphatic rings. The predicted molar refractivity (Wildman–Crippen MR) is 59.7 cm³/mol. The smallest absolute Gasteiger partial charge is 0.368 e. The predicted octanol–water partition coefficient (Wildman–Crippen LogP) is 3.09. The summed E-state index contributed by atoms with van der Waals surface area (Å²) >= 11 is 0. The van der Waals surface area contributed by atoms with Crippen LogP contribution in [0.4, 0.5) is 13.2 Å². The van der Waals surface area contributed by atoms with E-state index in [9.17, 15) is 13.2 Å². The number of alkyl halides is 3. The molecule has 1 aromatic heterocycles. The number of halogens is 3. The molecule has 112 valence electrons. The molecule has 1 saturated heterocycles. The fourth-order valence-corrected chi connectivity index (χ4v) is 2.54. The van der Waals surface area contributed by atoms with Gasteiger partial charge in [0.15, 0.2) is 5.82 Å². The van der Waals surface area contributed by atoms with Crippen molar-refractivity contribution in [2.75, 3.05) is 6.61 Å². The molecule has 20 heavy (non-hydrogen) atoms. The number of aromatic nitrogens is 2. The van der Waals surface area contributed by atoms with E-state index in [2.05, 4.69) is 14.9 Å². The largest absolute Gasteiger partial charge is 0.522 e. The first kappa shape index (κ1) is 13.8. The lowest BCUT2D eigenvalue weighted by Crippen LogP contribution is -2.35. The van der Waals surface area contributed by atoms with Gasteiger partial charge in [0.2, 0.25) is 0 Å². The van der Waals surface area contributed by atoms with Crippen molar-refractivity contribution in [3.63, 3.8) is 0 Å². The van der Waals surface area contributed by atoms with Crippen LogP contribution in [0, 0.1) is 0 Å². The van der Waals surface area contributed by atoms with E-state index in [1.165, 1.54) is 0 Å². The second kappa shape index (κ2) is 5.33. The summed E-state index contributed by atoms with van der Waals surface area (Å²) in [6.07, 6.45) is -2.10. The highest BCUT2D eigenvalue weighted by Gasteiger charge is 2.42. The molecule has 5 nitrogen and oxygen atoms in total. The quantitative estimate of drug-likeness (QED) is 0.856. The molecule has 0 radical (unpaired) electrons. The molecule has 0 N–H and O–H groups in total. The Balaban J connectivity index is 1.53. The number of ether oxygens (including phenoxy) is 2. The highest BCUT2D eigenvalue weighted by atomic mass is 19.4. The van der Waals surface area contributed by atoms with E-state index in [1.54, 1.807) is 0 Å². The van der Waals surface area contributed by atoms with Gasteiger partial charge in [0.1, 0.15) is 6.10 Å². The van der Waals surface area contributed by atoms with Crippen LogP contribution in [0.5, 0.6) is 0 Å². The van der Waals surface area contributed by atoms with Crippen molar-refractivity contribution in [3.05, 3.63) is 11.7 Å². The van der Waals surface area contributed by atoms with Gasteiger partial charge in [-0.25, -0.2) is 0 Å². The molecule has 1 aliphatic carbocycles. The Hall–Kier alpha value is -1.15. The van der Waals surface area contributed by atoms with Gasteiger partial charge in [-0.15, -0.1) is 13.2 Å². The van der Waals surface area contributed by atoms with E-state index in [1.807, 2.05) is 0 Å². The minimum atomic E-state index is -4.58. The van der Waals surface area contributed by atoms with Crippen LogP contribution in [0.25, 0.3) is 0 Å². The Morgan fingerprint density at radius 2 is 2.00 bits per heavy atom. The third-order valence-electron chi connectivity index (χ3n) is 3.67. The Morgan fingerprint density at radius 1 is 1.20 bits per heavy atom. The van der Waals surface area contributed by atoms with Gasteiger partial charge in [0.25, 0.3) is 5.89 Å². The van der Waals surface area contributed by atoms with Crippen molar-refractivity contribution in [3.8, 4) is 0 Å². The first-order valence-electron chi connectivity index (χ1n) is 6.71. The standard InChI is InChI=1S/C12H15F3N2O3/c13-12(14,15)19-8-5-7(6-8)10-16-11(20-17-10)9-3-1-2-4-18-9/h7-9H,1-6H2/t7-,8+,9?. The summed E-state index contributed by atoms with van der Waals surface area (Å²) in [6.45, 7) is 0.674. The Labute approximate surface area is 113 Å². The van der Waals surface area contributed by atoms with E-state index in [0.717, 1.165) is 19.3 Å². The van der Waals surface area contributed by atoms with Gasteiger partial charge < -0.3 is 9.26 Å². The topological polar surface area (TPSA) is 57.4 Å². The average Bonchev–Trinajstić information content (AvgIpc) is 2.82. The second-order valence-corrected chi connectivity index (χ2v) is 5.20. The summed E-state index contributed by atoms with van der Waals surface area (Å²) < 4.78 is 50.7. The van der Waals surface area contributed by atoms with Gasteiger partial charge in [-0.05, 0) is 32.1 Å². The first-order valence-corrected chi connectivity index (χ1v) is 6.71. The Morgan fingerprint density at radius 3 is 2.65 bits per heavy atom. The number of hydrogen-bond donors (Lipinski definition) is 0. The molecule has 1 aromatic rings. The van der Waals surface area contributed by atoms with Crippen molar-refractivity contribution >= 4 is 0 Å². The van der Waals surface area contributed by atoms with Gasteiger partial charge in [0, 0.05) is 12.5 Å². The summed E-state index contributed by atoms with van der Waals surface area (Å²) in [4.78, 5) is 4.25. The van der Waals surface area contributed by atoms with Gasteiger partial charge in [-0.1, -0.05) is 5.16 Å². The van der Waals surface area contributed by atoms with Crippen molar-refractivity contribution < 1.29 is 27.2 Å². The molecule has 2 fully saturated rings. The maximum absolute atomic E-state index is 12.0. The first-order chi connectivity index (χ1) is 9.51. The summed E-state index contributed by atoms with van der Waals surface area (Å²) in [5, 5.41) is 3.84. The highest BCUT2D eigenvalue weighted by Crippen LogP contribution is 2.40. The highest BCUT2D eigenvalue weighted by molar-refractivity contribution is 5.04. The number of rotatable bonds is 3. The minimum absolute atomic E-state index is 0.122. The fourth-order valence-electron chi connectivity index (χ4n) is 2.54. The van der Waals surface area contributed by atoms with Gasteiger partial charge in [-0.3, -0.25) is 4.74 Å². The van der Waals surface area contributed by atoms with E-state index >= 15 is 0 Å². The van der Waals surface area contributed by atoms with E-state index in [0.29, 0.717) is 18.3 Å². The van der Waals surface area contributed by atoms with Crippen LogP contribution in [0.3, 0.4) is 0 Å². The maximum atomic E-state index is 12.0. The third kappa shape index (κ3) is 3.12. The zero-order valence-corrected chi connectivity index (χ0v) is 10.7. The molecule has 0 bridgehead atoms. The zero-order chi connectivity index (χ0) is 14.2. The van der Waals surface area contributed by atoms with Crippen molar-refractivity contribution in [1.82, 2.24) is 10.1 Å². The monoisotopic (exact) mass is 292 g/mol. The van der Waals surface area contributed by atoms with Gasteiger partial charge in [-0.2, -0.15) is 4.98 Å². The van der Waals surface area contributed by atoms with Crippen molar-refractivity contribution in [1.29, 1.82) is 0 Å². The van der Waals surface area contributed by atoms with E-state index < -0.39 is 12.5 Å². The molecular formula is C12H15F3N2O3. The van der Waals surface area contributed by atoms with Crippen LogP contribution in [-0.2, 0) is 9.47 Å². The summed E-state index contributed by atoms with van der Waals surface area (Å²) in [5.74, 6) is 0.763. The third-order valence-corrected chi connectivity index (χ3v) is 3.67. The lowest BCUT2D eigenvalue weighted by atomic mass is 9.82. The molecule has 0 amide bonds. The Kier molecular flexibility index (Phi) is 3.68. The summed E-state index contributed by atoms with van der Waals surface area (Å²) in [6, 6.07) is 0. The lowest BCUT2D eigenvalue weighted by molar-refractivity contribution is -0.352. The van der Waals surface area contributed by atoms with E-state index in [4.69, 9.17) is 9.26 Å². The van der Waals surface area contributed by atoms with Crippen LogP contribution in [0.1, 0.15) is 55.8 Å². The molecule has 1 unspecified atom stereocenters. The van der Waals surface area contributed by atoms with Crippen molar-refractivity contribution in [2.24, 2.45) is 0 Å². The molecule has 0 spiro atoms. The lowest BCUT2D eigenvalue weighted by Gasteiger charge is -2.33. The van der Waals surface area contributed by atoms with Crippen LogP contribution < -0.4 is 0 Å². The Bertz CT molecular complexity index is 451. The molecule has 0 aromatic carbocycles. The second-order valence-electron chi connectivity index (χ2n) is 5.20. The van der Waals surface area contributed by atoms with Gasteiger partial charge >= 0.3 is 6.36 Å². The average molecular weight is 292 g/mol. The molecule has 1 atom stereocenters. The molecule has 2 heterocycles. The molecule has 8 heteroatoms.